The molecule has 101 heavy (non-hydrogen) atoms. The molecule has 0 aromatic rings. The lowest BCUT2D eigenvalue weighted by Gasteiger charge is -2.21. The van der Waals surface area contributed by atoms with Crippen molar-refractivity contribution in [3.63, 3.8) is 0 Å². The molecule has 0 saturated heterocycles. The van der Waals surface area contributed by atoms with E-state index in [-0.39, 0.29) is 25.7 Å². The van der Waals surface area contributed by atoms with E-state index in [4.69, 9.17) is 37.0 Å². The van der Waals surface area contributed by atoms with Gasteiger partial charge in [0.2, 0.25) is 0 Å². The zero-order valence-corrected chi connectivity index (χ0v) is 67.8. The Kier molecular flexibility index (Phi) is 73.5. The van der Waals surface area contributed by atoms with Crippen molar-refractivity contribution in [2.45, 2.75) is 457 Å². The molecule has 0 aromatic heterocycles. The van der Waals surface area contributed by atoms with E-state index in [9.17, 15) is 43.2 Å². The van der Waals surface area contributed by atoms with Gasteiger partial charge < -0.3 is 33.8 Å². The largest absolute Gasteiger partial charge is 0.472 e. The number of rotatable bonds is 82. The third kappa shape index (κ3) is 76.1. The van der Waals surface area contributed by atoms with E-state index in [2.05, 4.69) is 34.6 Å². The van der Waals surface area contributed by atoms with Gasteiger partial charge in [0, 0.05) is 25.7 Å². The number of aliphatic hydroxyl groups excluding tert-OH is 1. The fourth-order valence-electron chi connectivity index (χ4n) is 12.8. The second-order valence-corrected chi connectivity index (χ2v) is 32.9. The monoisotopic (exact) mass is 1480 g/mol. The van der Waals surface area contributed by atoms with Crippen LogP contribution in [0, 0.1) is 5.92 Å². The lowest BCUT2D eigenvalue weighted by Crippen LogP contribution is -2.30. The predicted octanol–water partition coefficient (Wildman–Crippen LogP) is 24.8. The Hall–Kier alpha value is -1.94. The summed E-state index contributed by atoms with van der Waals surface area (Å²) >= 11 is 0. The summed E-state index contributed by atoms with van der Waals surface area (Å²) in [6.45, 7) is 7.33. The molecule has 17 nitrogen and oxygen atoms in total. The highest BCUT2D eigenvalue weighted by atomic mass is 31.2. The number of unbranched alkanes of at least 4 members (excludes halogenated alkanes) is 54. The topological polar surface area (TPSA) is 237 Å². The number of hydrogen-bond donors (Lipinski definition) is 3. The fraction of sp³-hybridized carbons (Fsp3) is 0.951. The Labute approximate surface area is 619 Å². The van der Waals surface area contributed by atoms with Crippen molar-refractivity contribution in [2.24, 2.45) is 5.92 Å². The van der Waals surface area contributed by atoms with Crippen LogP contribution in [0.5, 0.6) is 0 Å². The maximum atomic E-state index is 13.1. The highest BCUT2D eigenvalue weighted by Crippen LogP contribution is 2.45. The summed E-state index contributed by atoms with van der Waals surface area (Å²) in [5.74, 6) is -1.35. The van der Waals surface area contributed by atoms with E-state index in [1.165, 1.54) is 263 Å². The van der Waals surface area contributed by atoms with E-state index >= 15 is 0 Å². The Morgan fingerprint density at radius 2 is 0.455 bits per heavy atom. The Morgan fingerprint density at radius 3 is 0.673 bits per heavy atom. The molecule has 0 radical (unpaired) electrons. The van der Waals surface area contributed by atoms with Crippen molar-refractivity contribution in [3.8, 4) is 0 Å². The molecule has 0 rings (SSSR count). The van der Waals surface area contributed by atoms with Crippen LogP contribution in [-0.2, 0) is 65.4 Å². The van der Waals surface area contributed by atoms with Crippen LogP contribution in [-0.4, -0.2) is 96.7 Å². The van der Waals surface area contributed by atoms with Crippen LogP contribution < -0.4 is 0 Å². The second-order valence-electron chi connectivity index (χ2n) is 30.0. The standard InChI is InChI=1S/C82H160O17P2/c1-6-9-12-15-18-21-24-27-29-31-32-34-36-38-41-47-52-57-62-67-81(86)98-77(71-93-80(85)66-61-56-51-46-40-37-35-33-30-28-25-22-19-16-13-10-7-2)73-96-100(88,89)94-69-76(83)70-95-101(90,91)97-74-78(72-92-79(84)65-60-55-50-45-39-26-23-20-17-14-11-8-3)99-82(87)68-63-58-53-48-43-42-44-49-54-59-64-75(4)5/h75-78,83H,6-74H2,1-5H3,(H,88,89)(H,90,91)/t76-,77-,78-/m1/s1. The van der Waals surface area contributed by atoms with Gasteiger partial charge in [0.05, 0.1) is 26.4 Å². The van der Waals surface area contributed by atoms with Crippen molar-refractivity contribution in [2.75, 3.05) is 39.6 Å². The summed E-state index contributed by atoms with van der Waals surface area (Å²) in [4.78, 5) is 73.1. The smallest absolute Gasteiger partial charge is 0.462 e. The molecular weight excluding hydrogens is 1320 g/mol. The first-order chi connectivity index (χ1) is 49.0. The molecular formula is C82H160O17P2. The summed E-state index contributed by atoms with van der Waals surface area (Å²) in [7, 11) is -9.92. The number of hydrogen-bond acceptors (Lipinski definition) is 15. The SMILES string of the molecule is CCCCCCCCCCCCCCCCCCCCCC(=O)O[C@H](COC(=O)CCCCCCCCCCCCCCCCCCC)COP(=O)(O)OC[C@@H](O)COP(=O)(O)OC[C@@H](COC(=O)CCCCCCCCCCCCCC)OC(=O)CCCCCCCCCCCCC(C)C. The molecule has 0 fully saturated rings. The Balaban J connectivity index is 5.25. The number of phosphoric acid groups is 2. The molecule has 0 aromatic carbocycles. The van der Waals surface area contributed by atoms with E-state index < -0.39 is 97.5 Å². The highest BCUT2D eigenvalue weighted by Gasteiger charge is 2.30. The van der Waals surface area contributed by atoms with Gasteiger partial charge in [0.15, 0.2) is 12.2 Å². The second kappa shape index (κ2) is 74.9. The first kappa shape index (κ1) is 99.1. The van der Waals surface area contributed by atoms with Crippen molar-refractivity contribution in [1.82, 2.24) is 0 Å². The fourth-order valence-corrected chi connectivity index (χ4v) is 14.3. The van der Waals surface area contributed by atoms with Crippen LogP contribution in [0.1, 0.15) is 439 Å². The van der Waals surface area contributed by atoms with Gasteiger partial charge in [-0.1, -0.05) is 388 Å². The average Bonchev–Trinajstić information content (AvgIpc) is 0.970. The van der Waals surface area contributed by atoms with Gasteiger partial charge in [0.25, 0.3) is 0 Å². The van der Waals surface area contributed by atoms with E-state index in [1.807, 2.05) is 0 Å². The first-order valence-corrected chi connectivity index (χ1v) is 45.6. The third-order valence-corrected chi connectivity index (χ3v) is 21.2. The molecule has 0 aliphatic rings. The van der Waals surface area contributed by atoms with Crippen molar-refractivity contribution >= 4 is 39.5 Å². The lowest BCUT2D eigenvalue weighted by atomic mass is 10.0. The Bertz CT molecular complexity index is 1930. The minimum absolute atomic E-state index is 0.107. The number of carbonyl (C=O) groups is 4. The van der Waals surface area contributed by atoms with Gasteiger partial charge in [-0.15, -0.1) is 0 Å². The van der Waals surface area contributed by atoms with Crippen molar-refractivity contribution in [1.29, 1.82) is 0 Å². The number of carbonyl (C=O) groups excluding carboxylic acids is 4. The van der Waals surface area contributed by atoms with Crippen LogP contribution >= 0.6 is 15.6 Å². The molecule has 0 aliphatic heterocycles. The van der Waals surface area contributed by atoms with Gasteiger partial charge in [0.1, 0.15) is 19.3 Å². The maximum Gasteiger partial charge on any atom is 0.472 e. The number of ether oxygens (including phenoxy) is 4. The van der Waals surface area contributed by atoms with E-state index in [1.54, 1.807) is 0 Å². The summed E-state index contributed by atoms with van der Waals surface area (Å²) in [5.41, 5.74) is 0. The average molecular weight is 1480 g/mol. The molecule has 5 atom stereocenters. The summed E-state index contributed by atoms with van der Waals surface area (Å²) < 4.78 is 68.8. The zero-order chi connectivity index (χ0) is 74.1. The molecule has 0 heterocycles. The van der Waals surface area contributed by atoms with Gasteiger partial charge in [-0.2, -0.15) is 0 Å². The quantitative estimate of drug-likeness (QED) is 0.0222. The number of aliphatic hydroxyl groups is 1. The van der Waals surface area contributed by atoms with Crippen LogP contribution in [0.15, 0.2) is 0 Å². The normalized spacial score (nSPS) is 13.8. The van der Waals surface area contributed by atoms with Crippen LogP contribution in [0.4, 0.5) is 0 Å². The molecule has 0 aliphatic carbocycles. The van der Waals surface area contributed by atoms with Gasteiger partial charge in [-0.05, 0) is 31.6 Å². The molecule has 0 saturated carbocycles. The maximum absolute atomic E-state index is 13.1. The minimum atomic E-state index is -4.96. The Morgan fingerprint density at radius 1 is 0.267 bits per heavy atom. The number of esters is 4. The summed E-state index contributed by atoms with van der Waals surface area (Å²) in [6.07, 6.45) is 66.5. The highest BCUT2D eigenvalue weighted by molar-refractivity contribution is 7.47. The molecule has 0 bridgehead atoms. The molecule has 3 N–H and O–H groups in total. The minimum Gasteiger partial charge on any atom is -0.462 e. The van der Waals surface area contributed by atoms with Crippen LogP contribution in [0.2, 0.25) is 0 Å². The zero-order valence-electron chi connectivity index (χ0n) is 66.1. The predicted molar refractivity (Wildman–Crippen MR) is 414 cm³/mol. The number of phosphoric ester groups is 2. The molecule has 19 heteroatoms. The summed E-state index contributed by atoms with van der Waals surface area (Å²) in [5, 5.41) is 10.7. The summed E-state index contributed by atoms with van der Waals surface area (Å²) in [6, 6.07) is 0. The van der Waals surface area contributed by atoms with E-state index in [0.717, 1.165) is 95.8 Å². The first-order valence-electron chi connectivity index (χ1n) is 42.6. The molecule has 0 spiro atoms. The van der Waals surface area contributed by atoms with Gasteiger partial charge in [-0.3, -0.25) is 37.3 Å². The third-order valence-electron chi connectivity index (χ3n) is 19.3. The van der Waals surface area contributed by atoms with Crippen LogP contribution in [0.3, 0.4) is 0 Å². The molecule has 0 amide bonds. The lowest BCUT2D eigenvalue weighted by molar-refractivity contribution is -0.161. The van der Waals surface area contributed by atoms with Crippen molar-refractivity contribution < 1.29 is 80.2 Å². The molecule has 2 unspecified atom stereocenters. The van der Waals surface area contributed by atoms with Gasteiger partial charge in [-0.25, -0.2) is 9.13 Å². The van der Waals surface area contributed by atoms with Gasteiger partial charge >= 0.3 is 39.5 Å². The van der Waals surface area contributed by atoms with Crippen molar-refractivity contribution in [3.05, 3.63) is 0 Å². The van der Waals surface area contributed by atoms with Crippen LogP contribution in [0.25, 0.3) is 0 Å². The van der Waals surface area contributed by atoms with E-state index in [0.29, 0.717) is 25.7 Å². The molecule has 600 valence electrons.